The normalized spacial score (nSPS) is 10.2. The van der Waals surface area contributed by atoms with Crippen molar-refractivity contribution in [2.45, 2.75) is 26.4 Å². The van der Waals surface area contributed by atoms with Crippen LogP contribution in [-0.4, -0.2) is 31.6 Å². The van der Waals surface area contributed by atoms with Crippen LogP contribution < -0.4 is 21.3 Å². The third-order valence-corrected chi connectivity index (χ3v) is 2.46. The number of anilines is 1. The lowest BCUT2D eigenvalue weighted by molar-refractivity contribution is -0.120. The molecule has 0 spiro atoms. The molecule has 0 unspecified atom stereocenters. The van der Waals surface area contributed by atoms with E-state index in [9.17, 15) is 9.59 Å². The maximum atomic E-state index is 11.5. The molecule has 0 aliphatic carbocycles. The summed E-state index contributed by atoms with van der Waals surface area (Å²) in [6, 6.07) is 7.21. The van der Waals surface area contributed by atoms with Crippen LogP contribution in [0.2, 0.25) is 0 Å². The van der Waals surface area contributed by atoms with Gasteiger partial charge in [0.1, 0.15) is 0 Å². The largest absolute Gasteiger partial charge is 0.351 e. The molecule has 0 saturated heterocycles. The van der Waals surface area contributed by atoms with Gasteiger partial charge in [0.2, 0.25) is 5.91 Å². The summed E-state index contributed by atoms with van der Waals surface area (Å²) < 4.78 is 0. The van der Waals surface area contributed by atoms with E-state index >= 15 is 0 Å². The molecule has 1 rings (SSSR count). The number of hydrogen-bond donors (Lipinski definition) is 4. The number of amides is 3. The first-order valence-electron chi connectivity index (χ1n) is 6.59. The van der Waals surface area contributed by atoms with Crippen LogP contribution in [0.25, 0.3) is 0 Å². The predicted octanol–water partition coefficient (Wildman–Crippen LogP) is 1.05. The standard InChI is InChI=1S/C14H22N4O2/c1-10(2)17-14(20)18-12-6-4-11(5-7-12)8-16-13(19)9-15-3/h4-7,10,15H,8-9H2,1-3H3,(H,16,19)(H2,17,18,20). The molecular formula is C14H22N4O2. The summed E-state index contributed by atoms with van der Waals surface area (Å²) in [6.45, 7) is 4.57. The fourth-order valence-electron chi connectivity index (χ4n) is 1.56. The monoisotopic (exact) mass is 278 g/mol. The molecule has 0 atom stereocenters. The second-order valence-electron chi connectivity index (χ2n) is 4.76. The summed E-state index contributed by atoms with van der Waals surface area (Å²) in [6.07, 6.45) is 0. The highest BCUT2D eigenvalue weighted by atomic mass is 16.2. The number of carbonyl (C=O) groups excluding carboxylic acids is 2. The number of carbonyl (C=O) groups is 2. The van der Waals surface area contributed by atoms with Gasteiger partial charge in [-0.3, -0.25) is 4.79 Å². The van der Waals surface area contributed by atoms with Gasteiger partial charge in [0.15, 0.2) is 0 Å². The minimum absolute atomic E-state index is 0.0500. The van der Waals surface area contributed by atoms with Gasteiger partial charge < -0.3 is 21.3 Å². The zero-order valence-electron chi connectivity index (χ0n) is 12.1. The van der Waals surface area contributed by atoms with Crippen molar-refractivity contribution in [3.8, 4) is 0 Å². The molecule has 0 aliphatic rings. The summed E-state index contributed by atoms with van der Waals surface area (Å²) in [4.78, 5) is 22.8. The molecule has 0 fully saturated rings. The van der Waals surface area contributed by atoms with Crippen LogP contribution in [0, 0.1) is 0 Å². The van der Waals surface area contributed by atoms with Crippen molar-refractivity contribution < 1.29 is 9.59 Å². The van der Waals surface area contributed by atoms with Crippen LogP contribution in [0.15, 0.2) is 24.3 Å². The quantitative estimate of drug-likeness (QED) is 0.628. The van der Waals surface area contributed by atoms with E-state index in [-0.39, 0.29) is 18.0 Å². The van der Waals surface area contributed by atoms with E-state index in [0.717, 1.165) is 5.56 Å². The van der Waals surface area contributed by atoms with Gasteiger partial charge in [-0.2, -0.15) is 0 Å². The zero-order chi connectivity index (χ0) is 15.0. The smallest absolute Gasteiger partial charge is 0.319 e. The average Bonchev–Trinajstić information content (AvgIpc) is 2.37. The number of likely N-dealkylation sites (N-methyl/N-ethyl adjacent to an activating group) is 1. The third-order valence-electron chi connectivity index (χ3n) is 2.46. The van der Waals surface area contributed by atoms with Crippen LogP contribution in [0.5, 0.6) is 0 Å². The third kappa shape index (κ3) is 6.19. The summed E-state index contributed by atoms with van der Waals surface area (Å²) in [7, 11) is 1.72. The number of benzene rings is 1. The maximum Gasteiger partial charge on any atom is 0.319 e. The summed E-state index contributed by atoms with van der Waals surface area (Å²) >= 11 is 0. The van der Waals surface area contributed by atoms with Gasteiger partial charge in [-0.05, 0) is 38.6 Å². The van der Waals surface area contributed by atoms with Gasteiger partial charge in [0.05, 0.1) is 6.54 Å². The Balaban J connectivity index is 2.44. The van der Waals surface area contributed by atoms with Crippen LogP contribution in [-0.2, 0) is 11.3 Å². The molecule has 0 aliphatic heterocycles. The number of nitrogens with one attached hydrogen (secondary N) is 4. The van der Waals surface area contributed by atoms with Gasteiger partial charge >= 0.3 is 6.03 Å². The van der Waals surface area contributed by atoms with Gasteiger partial charge in [-0.15, -0.1) is 0 Å². The van der Waals surface area contributed by atoms with Crippen molar-refractivity contribution in [2.75, 3.05) is 18.9 Å². The first-order valence-corrected chi connectivity index (χ1v) is 6.59. The Morgan fingerprint density at radius 2 is 1.80 bits per heavy atom. The van der Waals surface area contributed by atoms with Crippen LogP contribution >= 0.6 is 0 Å². The highest BCUT2D eigenvalue weighted by molar-refractivity contribution is 5.89. The molecule has 20 heavy (non-hydrogen) atoms. The van der Waals surface area contributed by atoms with E-state index in [1.807, 2.05) is 26.0 Å². The fraction of sp³-hybridized carbons (Fsp3) is 0.429. The second kappa shape index (κ2) is 8.16. The van der Waals surface area contributed by atoms with E-state index in [0.29, 0.717) is 18.8 Å². The maximum absolute atomic E-state index is 11.5. The molecule has 1 aromatic carbocycles. The molecule has 0 heterocycles. The van der Waals surface area contributed by atoms with Crippen molar-refractivity contribution >= 4 is 17.6 Å². The van der Waals surface area contributed by atoms with Gasteiger partial charge in [0.25, 0.3) is 0 Å². The van der Waals surface area contributed by atoms with Gasteiger partial charge in [-0.1, -0.05) is 12.1 Å². The molecule has 3 amide bonds. The molecule has 4 N–H and O–H groups in total. The summed E-state index contributed by atoms with van der Waals surface area (Å²) in [5, 5.41) is 11.1. The van der Waals surface area contributed by atoms with Crippen LogP contribution in [0.1, 0.15) is 19.4 Å². The van der Waals surface area contributed by atoms with Crippen LogP contribution in [0.3, 0.4) is 0 Å². The molecular weight excluding hydrogens is 256 g/mol. The number of hydrogen-bond acceptors (Lipinski definition) is 3. The first kappa shape index (κ1) is 16.0. The molecule has 110 valence electrons. The molecule has 1 aromatic rings. The molecule has 0 bridgehead atoms. The Hall–Kier alpha value is -2.08. The molecule has 6 heteroatoms. The first-order chi connectivity index (χ1) is 9.51. The van der Waals surface area contributed by atoms with E-state index < -0.39 is 0 Å². The summed E-state index contributed by atoms with van der Waals surface area (Å²) in [5.74, 6) is -0.0500. The lowest BCUT2D eigenvalue weighted by Gasteiger charge is -2.10. The van der Waals surface area contributed by atoms with Crippen molar-refractivity contribution in [1.29, 1.82) is 0 Å². The highest BCUT2D eigenvalue weighted by Gasteiger charge is 2.03. The van der Waals surface area contributed by atoms with E-state index in [4.69, 9.17) is 0 Å². The topological polar surface area (TPSA) is 82.3 Å². The van der Waals surface area contributed by atoms with Crippen molar-refractivity contribution in [3.63, 3.8) is 0 Å². The Bertz CT molecular complexity index is 443. The van der Waals surface area contributed by atoms with E-state index in [2.05, 4.69) is 21.3 Å². The number of rotatable bonds is 6. The Morgan fingerprint density at radius 3 is 2.35 bits per heavy atom. The SMILES string of the molecule is CNCC(=O)NCc1ccc(NC(=O)NC(C)C)cc1. The Kier molecular flexibility index (Phi) is 6.52. The average molecular weight is 278 g/mol. The highest BCUT2D eigenvalue weighted by Crippen LogP contribution is 2.09. The molecule has 0 saturated carbocycles. The molecule has 6 nitrogen and oxygen atoms in total. The Labute approximate surface area is 119 Å². The molecule has 0 radical (unpaired) electrons. The van der Waals surface area contributed by atoms with E-state index in [1.54, 1.807) is 19.2 Å². The lowest BCUT2D eigenvalue weighted by Crippen LogP contribution is -2.34. The molecule has 0 aromatic heterocycles. The van der Waals surface area contributed by atoms with Gasteiger partial charge in [-0.25, -0.2) is 4.79 Å². The van der Waals surface area contributed by atoms with Crippen molar-refractivity contribution in [2.24, 2.45) is 0 Å². The zero-order valence-corrected chi connectivity index (χ0v) is 12.1. The van der Waals surface area contributed by atoms with Gasteiger partial charge in [0, 0.05) is 18.3 Å². The second-order valence-corrected chi connectivity index (χ2v) is 4.76. The fourth-order valence-corrected chi connectivity index (χ4v) is 1.56. The predicted molar refractivity (Wildman–Crippen MR) is 79.5 cm³/mol. The van der Waals surface area contributed by atoms with E-state index in [1.165, 1.54) is 0 Å². The minimum Gasteiger partial charge on any atom is -0.351 e. The summed E-state index contributed by atoms with van der Waals surface area (Å²) in [5.41, 5.74) is 1.69. The lowest BCUT2D eigenvalue weighted by atomic mass is 10.2. The van der Waals surface area contributed by atoms with Crippen LogP contribution in [0.4, 0.5) is 10.5 Å². The van der Waals surface area contributed by atoms with Crippen molar-refractivity contribution in [3.05, 3.63) is 29.8 Å². The Morgan fingerprint density at radius 1 is 1.15 bits per heavy atom. The number of urea groups is 1. The van der Waals surface area contributed by atoms with Crippen molar-refractivity contribution in [1.82, 2.24) is 16.0 Å². The minimum atomic E-state index is -0.227.